The van der Waals surface area contributed by atoms with Gasteiger partial charge in [-0.1, -0.05) is 25.1 Å². The van der Waals surface area contributed by atoms with Crippen LogP contribution in [0.25, 0.3) is 17.1 Å². The smallest absolute Gasteiger partial charge is 0.244 e. The van der Waals surface area contributed by atoms with E-state index in [9.17, 15) is 4.79 Å². The average Bonchev–Trinajstić information content (AvgIpc) is 3.23. The molecule has 0 saturated heterocycles. The molecule has 33 heavy (non-hydrogen) atoms. The molecular weight excluding hydrogens is 438 g/mol. The van der Waals surface area contributed by atoms with Crippen molar-refractivity contribution < 1.29 is 14.3 Å². The van der Waals surface area contributed by atoms with Gasteiger partial charge in [0.05, 0.1) is 31.0 Å². The normalized spacial score (nSPS) is 18.1. The summed E-state index contributed by atoms with van der Waals surface area (Å²) in [6, 6.07) is 14.0. The summed E-state index contributed by atoms with van der Waals surface area (Å²) >= 11 is 0. The van der Waals surface area contributed by atoms with Crippen LogP contribution in [0.3, 0.4) is 0 Å². The molecule has 1 heterocycles. The number of nitrogens with zero attached hydrogens (tertiary/aromatic N) is 2. The molecule has 0 bridgehead atoms. The zero-order valence-electron chi connectivity index (χ0n) is 19.2. The van der Waals surface area contributed by atoms with Gasteiger partial charge in [-0.15, -0.1) is 12.4 Å². The van der Waals surface area contributed by atoms with Crippen molar-refractivity contribution in [3.8, 4) is 11.5 Å². The van der Waals surface area contributed by atoms with E-state index in [0.717, 1.165) is 35.4 Å². The zero-order valence-corrected chi connectivity index (χ0v) is 20.0. The van der Waals surface area contributed by atoms with Crippen molar-refractivity contribution in [1.82, 2.24) is 14.9 Å². The van der Waals surface area contributed by atoms with Crippen molar-refractivity contribution in [3.63, 3.8) is 0 Å². The summed E-state index contributed by atoms with van der Waals surface area (Å²) in [5.41, 5.74) is 2.95. The highest BCUT2D eigenvalue weighted by Gasteiger charge is 2.18. The van der Waals surface area contributed by atoms with Crippen molar-refractivity contribution in [2.24, 2.45) is 5.92 Å². The molecule has 7 heteroatoms. The zero-order chi connectivity index (χ0) is 22.3. The molecule has 0 unspecified atom stereocenters. The van der Waals surface area contributed by atoms with E-state index in [-0.39, 0.29) is 18.3 Å². The Morgan fingerprint density at radius 1 is 1.15 bits per heavy atom. The minimum Gasteiger partial charge on any atom is -0.493 e. The van der Waals surface area contributed by atoms with Gasteiger partial charge in [-0.25, -0.2) is 4.98 Å². The van der Waals surface area contributed by atoms with Crippen LogP contribution in [0.1, 0.15) is 38.2 Å². The number of halogens is 1. The van der Waals surface area contributed by atoms with Crippen molar-refractivity contribution in [1.29, 1.82) is 0 Å². The predicted octanol–water partition coefficient (Wildman–Crippen LogP) is 5.25. The van der Waals surface area contributed by atoms with Gasteiger partial charge in [-0.3, -0.25) is 4.79 Å². The van der Waals surface area contributed by atoms with Crippen LogP contribution in [0, 0.1) is 5.92 Å². The summed E-state index contributed by atoms with van der Waals surface area (Å²) in [6.45, 7) is 3.46. The van der Waals surface area contributed by atoms with E-state index in [4.69, 9.17) is 9.47 Å². The van der Waals surface area contributed by atoms with Gasteiger partial charge < -0.3 is 19.4 Å². The lowest BCUT2D eigenvalue weighted by Crippen LogP contribution is -2.36. The molecule has 4 rings (SSSR count). The third-order valence-electron chi connectivity index (χ3n) is 6.09. The summed E-state index contributed by atoms with van der Waals surface area (Å²) < 4.78 is 13.5. The van der Waals surface area contributed by atoms with Crippen molar-refractivity contribution in [3.05, 3.63) is 60.4 Å². The molecule has 0 spiro atoms. The number of benzene rings is 2. The molecule has 3 aromatic rings. The molecule has 1 fully saturated rings. The number of hydrogen-bond donors (Lipinski definition) is 1. The van der Waals surface area contributed by atoms with E-state index < -0.39 is 0 Å². The second-order valence-corrected chi connectivity index (χ2v) is 8.48. The van der Waals surface area contributed by atoms with Crippen LogP contribution < -0.4 is 14.8 Å². The fraction of sp³-hybridized carbons (Fsp3) is 0.385. The molecule has 1 aliphatic rings. The van der Waals surface area contributed by atoms with E-state index >= 15 is 0 Å². The molecule has 176 valence electrons. The number of carbonyl (C=O) groups excluding carboxylic acids is 1. The Kier molecular flexibility index (Phi) is 8.78. The molecule has 0 radical (unpaired) electrons. The summed E-state index contributed by atoms with van der Waals surface area (Å²) in [5.74, 6) is 2.04. The fourth-order valence-electron chi connectivity index (χ4n) is 4.18. The number of hydrogen-bond acceptors (Lipinski definition) is 4. The largest absolute Gasteiger partial charge is 0.493 e. The molecule has 2 aromatic carbocycles. The molecular formula is C26H32ClN3O3. The molecule has 0 atom stereocenters. The Morgan fingerprint density at radius 3 is 2.73 bits per heavy atom. The van der Waals surface area contributed by atoms with Crippen molar-refractivity contribution >= 4 is 35.4 Å². The Morgan fingerprint density at radius 2 is 1.94 bits per heavy atom. The van der Waals surface area contributed by atoms with Crippen LogP contribution in [-0.2, 0) is 11.3 Å². The first kappa shape index (κ1) is 24.6. The minimum atomic E-state index is -0.0450. The third kappa shape index (κ3) is 6.51. The molecule has 1 N–H and O–H groups in total. The van der Waals surface area contributed by atoms with Crippen LogP contribution in [0.2, 0.25) is 0 Å². The topological polar surface area (TPSA) is 65.4 Å². The van der Waals surface area contributed by atoms with E-state index in [2.05, 4.69) is 27.9 Å². The van der Waals surface area contributed by atoms with Gasteiger partial charge in [0, 0.05) is 12.1 Å². The molecule has 6 nitrogen and oxygen atoms in total. The number of amides is 1. The SMILES string of the molecule is COc1cc(/C=C/C(=O)NC2CCC(C)CC2)ccc1OCCn1cnc2ccccc21.Cl. The summed E-state index contributed by atoms with van der Waals surface area (Å²) in [6.07, 6.45) is 9.74. The summed E-state index contributed by atoms with van der Waals surface area (Å²) in [7, 11) is 1.62. The third-order valence-corrected chi connectivity index (χ3v) is 6.09. The summed E-state index contributed by atoms with van der Waals surface area (Å²) in [4.78, 5) is 16.7. The van der Waals surface area contributed by atoms with E-state index in [1.165, 1.54) is 12.8 Å². The van der Waals surface area contributed by atoms with Crippen LogP contribution in [0.5, 0.6) is 11.5 Å². The lowest BCUT2D eigenvalue weighted by atomic mass is 9.87. The number of nitrogens with one attached hydrogen (secondary N) is 1. The second kappa shape index (κ2) is 11.8. The van der Waals surface area contributed by atoms with Gasteiger partial charge in [-0.05, 0) is 67.5 Å². The highest BCUT2D eigenvalue weighted by atomic mass is 35.5. The van der Waals surface area contributed by atoms with Gasteiger partial charge in [0.2, 0.25) is 5.91 Å². The number of fused-ring (bicyclic) bond motifs is 1. The number of rotatable bonds is 8. The maximum absolute atomic E-state index is 12.3. The highest BCUT2D eigenvalue weighted by Crippen LogP contribution is 2.29. The standard InChI is InChI=1S/C26H31N3O3.ClH/c1-19-7-11-21(12-8-19)28-26(30)14-10-20-9-13-24(25(17-20)31-2)32-16-15-29-18-27-22-5-3-4-6-23(22)29;/h3-6,9-10,13-14,17-19,21H,7-8,11-12,15-16H2,1-2H3,(H,28,30);1H/b14-10+;. The minimum absolute atomic E-state index is 0. The molecule has 1 aromatic heterocycles. The average molecular weight is 470 g/mol. The number of aromatic nitrogens is 2. The predicted molar refractivity (Wildman–Crippen MR) is 134 cm³/mol. The van der Waals surface area contributed by atoms with E-state index in [0.29, 0.717) is 30.7 Å². The lowest BCUT2D eigenvalue weighted by Gasteiger charge is -2.26. The Balaban J connectivity index is 0.00000306. The van der Waals surface area contributed by atoms with Crippen molar-refractivity contribution in [2.75, 3.05) is 13.7 Å². The molecule has 1 aliphatic carbocycles. The van der Waals surface area contributed by atoms with E-state index in [1.807, 2.05) is 48.8 Å². The fourth-order valence-corrected chi connectivity index (χ4v) is 4.18. The van der Waals surface area contributed by atoms with Crippen LogP contribution in [0.15, 0.2) is 54.9 Å². The number of para-hydroxylation sites is 2. The molecule has 0 aliphatic heterocycles. The van der Waals surface area contributed by atoms with Gasteiger partial charge in [-0.2, -0.15) is 0 Å². The van der Waals surface area contributed by atoms with Gasteiger partial charge in [0.1, 0.15) is 6.61 Å². The maximum atomic E-state index is 12.3. The van der Waals surface area contributed by atoms with Crippen LogP contribution in [-0.4, -0.2) is 35.2 Å². The molecule has 1 amide bonds. The number of methoxy groups -OCH3 is 1. The first-order valence-electron chi connectivity index (χ1n) is 11.3. The summed E-state index contributed by atoms with van der Waals surface area (Å²) in [5, 5.41) is 3.11. The first-order chi connectivity index (χ1) is 15.6. The molecule has 1 saturated carbocycles. The highest BCUT2D eigenvalue weighted by molar-refractivity contribution is 5.92. The monoisotopic (exact) mass is 469 g/mol. The quantitative estimate of drug-likeness (QED) is 0.457. The number of carbonyl (C=O) groups is 1. The van der Waals surface area contributed by atoms with Gasteiger partial charge in [0.15, 0.2) is 11.5 Å². The maximum Gasteiger partial charge on any atom is 0.244 e. The van der Waals surface area contributed by atoms with E-state index in [1.54, 1.807) is 13.2 Å². The Bertz CT molecular complexity index is 1090. The van der Waals surface area contributed by atoms with Crippen molar-refractivity contribution in [2.45, 2.75) is 45.2 Å². The number of imidazole rings is 1. The van der Waals surface area contributed by atoms with Crippen LogP contribution >= 0.6 is 12.4 Å². The van der Waals surface area contributed by atoms with Gasteiger partial charge in [0.25, 0.3) is 0 Å². The Labute approximate surface area is 201 Å². The van der Waals surface area contributed by atoms with Crippen LogP contribution in [0.4, 0.5) is 0 Å². The number of ether oxygens (including phenoxy) is 2. The van der Waals surface area contributed by atoms with Gasteiger partial charge >= 0.3 is 0 Å². The lowest BCUT2D eigenvalue weighted by molar-refractivity contribution is -0.117. The second-order valence-electron chi connectivity index (χ2n) is 8.48. The Hall–Kier alpha value is -2.99. The first-order valence-corrected chi connectivity index (χ1v) is 11.3.